The molecule has 0 saturated heterocycles. The molecule has 0 atom stereocenters. The van der Waals surface area contributed by atoms with Crippen molar-refractivity contribution in [1.82, 2.24) is 0 Å². The van der Waals surface area contributed by atoms with Gasteiger partial charge in [-0.3, -0.25) is 0 Å². The van der Waals surface area contributed by atoms with Gasteiger partial charge in [-0.1, -0.05) is 139 Å². The number of hydrogen-bond acceptors (Lipinski definition) is 0. The van der Waals surface area contributed by atoms with Crippen molar-refractivity contribution in [3.63, 3.8) is 0 Å². The van der Waals surface area contributed by atoms with Gasteiger partial charge in [0.15, 0.2) is 0 Å². The normalized spacial score (nSPS) is 12.9. The summed E-state index contributed by atoms with van der Waals surface area (Å²) in [4.78, 5) is 0. The van der Waals surface area contributed by atoms with Crippen LogP contribution in [0.5, 0.6) is 0 Å². The van der Waals surface area contributed by atoms with E-state index in [1.165, 1.54) is 51.9 Å². The number of fused-ring (bicyclic) bond motifs is 3. The summed E-state index contributed by atoms with van der Waals surface area (Å²) in [7, 11) is 0.271. The fraction of sp³-hybridized carbons (Fsp3) is 0.226. The standard InChI is InChI=1S/C13H9.C12H11Si.C6H12N.2ClH.Zr/c1-3-7-12-10(5-1)9-11-6-2-4-8-13(11)12;1-3-7-11(8-4-1)13-12-9-5-2-6-10-12;7-6-4-2-1-3-5-6;;;/h1-5,7-8H,9H2;1-10,13H;6-7H,1-5H2;2*1H;/q-1;;-1;;;+4/p-2. The van der Waals surface area contributed by atoms with Crippen LogP contribution >= 0.6 is 0 Å². The molecule has 1 radical (unpaired) electrons. The van der Waals surface area contributed by atoms with Crippen molar-refractivity contribution in [3.8, 4) is 11.1 Å². The zero-order valence-corrected chi connectivity index (χ0v) is 25.6. The van der Waals surface area contributed by atoms with Crippen molar-refractivity contribution in [2.75, 3.05) is 0 Å². The molecule has 0 spiro atoms. The van der Waals surface area contributed by atoms with Gasteiger partial charge in [0.1, 0.15) is 9.52 Å². The van der Waals surface area contributed by atoms with Crippen molar-refractivity contribution in [2.24, 2.45) is 0 Å². The van der Waals surface area contributed by atoms with Gasteiger partial charge in [-0.2, -0.15) is 29.8 Å². The molecule has 2 aliphatic carbocycles. The molecule has 36 heavy (non-hydrogen) atoms. The van der Waals surface area contributed by atoms with Gasteiger partial charge >= 0.3 is 26.2 Å². The summed E-state index contributed by atoms with van der Waals surface area (Å²) in [5.41, 5.74) is 12.8. The number of benzene rings is 4. The SMILES string of the molecule is [Cl-].[Cl-].[NH-]C1CCCCC1.[Zr+4].[c-]1cccc2c1Cc1ccccc1-2.c1ccc([SiH]c2ccccc2)cc1. The van der Waals surface area contributed by atoms with Crippen LogP contribution in [0.4, 0.5) is 0 Å². The Morgan fingerprint density at radius 3 is 1.72 bits per heavy atom. The second-order valence-corrected chi connectivity index (χ2v) is 10.3. The molecule has 4 aromatic rings. The van der Waals surface area contributed by atoms with Crippen LogP contribution in [0.25, 0.3) is 16.9 Å². The minimum absolute atomic E-state index is 0. The van der Waals surface area contributed by atoms with E-state index in [2.05, 4.69) is 103 Å². The molecular formula is C31H32Cl2NSiZr. The van der Waals surface area contributed by atoms with Crippen molar-refractivity contribution in [1.29, 1.82) is 0 Å². The molecule has 2 aliphatic rings. The predicted molar refractivity (Wildman–Crippen MR) is 144 cm³/mol. The van der Waals surface area contributed by atoms with Crippen LogP contribution in [0, 0.1) is 6.07 Å². The van der Waals surface area contributed by atoms with Crippen molar-refractivity contribution >= 4 is 19.9 Å². The molecule has 0 amide bonds. The fourth-order valence-corrected chi connectivity index (χ4v) is 5.61. The first kappa shape index (κ1) is 32.5. The topological polar surface area (TPSA) is 23.8 Å². The molecular weight excluding hydrogens is 577 g/mol. The molecule has 5 heteroatoms. The third-order valence-corrected chi connectivity index (χ3v) is 7.59. The Balaban J connectivity index is 0.000000270. The molecule has 4 aromatic carbocycles. The van der Waals surface area contributed by atoms with E-state index in [9.17, 15) is 0 Å². The molecule has 1 N–H and O–H groups in total. The van der Waals surface area contributed by atoms with E-state index in [4.69, 9.17) is 5.73 Å². The molecule has 0 aliphatic heterocycles. The first-order valence-corrected chi connectivity index (χ1v) is 13.2. The maximum absolute atomic E-state index is 7.27. The first-order chi connectivity index (χ1) is 16.3. The predicted octanol–water partition coefficient (Wildman–Crippen LogP) is 0.509. The number of rotatable bonds is 2. The summed E-state index contributed by atoms with van der Waals surface area (Å²) in [5.74, 6) is 0. The molecule has 1 saturated carbocycles. The molecule has 0 aromatic heterocycles. The first-order valence-electron chi connectivity index (χ1n) is 12.0. The second kappa shape index (κ2) is 17.9. The molecule has 6 rings (SSSR count). The Labute approximate surface area is 251 Å². The van der Waals surface area contributed by atoms with Crippen LogP contribution in [-0.4, -0.2) is 15.6 Å². The number of nitrogens with one attached hydrogen (secondary N) is 1. The van der Waals surface area contributed by atoms with Gasteiger partial charge < -0.3 is 30.5 Å². The summed E-state index contributed by atoms with van der Waals surface area (Å²) in [6.45, 7) is 0. The van der Waals surface area contributed by atoms with Crippen LogP contribution in [0.2, 0.25) is 0 Å². The molecule has 0 bridgehead atoms. The van der Waals surface area contributed by atoms with E-state index < -0.39 is 0 Å². The van der Waals surface area contributed by atoms with Gasteiger partial charge in [-0.15, -0.1) is 11.6 Å². The van der Waals surface area contributed by atoms with Gasteiger partial charge in [0.05, 0.1) is 0 Å². The molecule has 183 valence electrons. The maximum Gasteiger partial charge on any atom is 4.00 e. The summed E-state index contributed by atoms with van der Waals surface area (Å²) in [5, 5.41) is 2.90. The Bertz CT molecular complexity index is 1040. The zero-order chi connectivity index (χ0) is 22.7. The van der Waals surface area contributed by atoms with Crippen LogP contribution in [0.15, 0.2) is 103 Å². The monoisotopic (exact) mass is 606 g/mol. The number of hydrogen-bond donors (Lipinski definition) is 0. The minimum atomic E-state index is 0. The Kier molecular flexibility index (Phi) is 16.2. The van der Waals surface area contributed by atoms with Gasteiger partial charge in [-0.25, -0.2) is 0 Å². The molecule has 0 heterocycles. The summed E-state index contributed by atoms with van der Waals surface area (Å²) < 4.78 is 0. The average molecular weight is 609 g/mol. The van der Waals surface area contributed by atoms with E-state index in [-0.39, 0.29) is 66.6 Å². The average Bonchev–Trinajstić information content (AvgIpc) is 3.25. The van der Waals surface area contributed by atoms with Crippen LogP contribution in [0.3, 0.4) is 0 Å². The third kappa shape index (κ3) is 10.1. The zero-order valence-electron chi connectivity index (χ0n) is 20.5. The Morgan fingerprint density at radius 1 is 0.639 bits per heavy atom. The fourth-order valence-electron chi connectivity index (χ4n) is 4.39. The van der Waals surface area contributed by atoms with Gasteiger partial charge in [0, 0.05) is 0 Å². The summed E-state index contributed by atoms with van der Waals surface area (Å²) >= 11 is 0. The largest absolute Gasteiger partial charge is 4.00 e. The van der Waals surface area contributed by atoms with Crippen LogP contribution in [0.1, 0.15) is 43.2 Å². The van der Waals surface area contributed by atoms with E-state index in [1.807, 2.05) is 6.07 Å². The summed E-state index contributed by atoms with van der Waals surface area (Å²) in [6, 6.07) is 39.7. The quantitative estimate of drug-likeness (QED) is 0.206. The molecule has 0 unspecified atom stereocenters. The third-order valence-electron chi connectivity index (χ3n) is 6.15. The van der Waals surface area contributed by atoms with Crippen molar-refractivity contribution in [2.45, 2.75) is 44.6 Å². The van der Waals surface area contributed by atoms with E-state index in [0.29, 0.717) is 0 Å². The van der Waals surface area contributed by atoms with Gasteiger partial charge in [-0.05, 0) is 6.42 Å². The van der Waals surface area contributed by atoms with Crippen molar-refractivity contribution in [3.05, 3.63) is 126 Å². The van der Waals surface area contributed by atoms with E-state index in [1.54, 1.807) is 0 Å². The molecule has 1 nitrogen and oxygen atoms in total. The van der Waals surface area contributed by atoms with Gasteiger partial charge in [0.25, 0.3) is 0 Å². The van der Waals surface area contributed by atoms with Crippen LogP contribution in [-0.2, 0) is 32.6 Å². The Hall–Kier alpha value is -1.48. The van der Waals surface area contributed by atoms with E-state index >= 15 is 0 Å². The Morgan fingerprint density at radius 2 is 1.17 bits per heavy atom. The number of halogens is 2. The summed E-state index contributed by atoms with van der Waals surface area (Å²) in [6.07, 6.45) is 7.32. The second-order valence-electron chi connectivity index (χ2n) is 8.70. The smallest absolute Gasteiger partial charge is 1.00 e. The maximum atomic E-state index is 7.27. The van der Waals surface area contributed by atoms with Gasteiger partial charge in [0.2, 0.25) is 0 Å². The van der Waals surface area contributed by atoms with E-state index in [0.717, 1.165) is 19.3 Å². The molecule has 1 fully saturated rings. The van der Waals surface area contributed by atoms with Crippen molar-refractivity contribution < 1.29 is 51.0 Å². The van der Waals surface area contributed by atoms with Crippen LogP contribution < -0.4 is 35.2 Å². The minimum Gasteiger partial charge on any atom is -1.00 e.